The van der Waals surface area contributed by atoms with Crippen LogP contribution >= 0.6 is 0 Å². The van der Waals surface area contributed by atoms with Crippen molar-refractivity contribution in [2.45, 2.75) is 19.9 Å². The summed E-state index contributed by atoms with van der Waals surface area (Å²) in [6, 6.07) is 4.02. The van der Waals surface area contributed by atoms with Crippen LogP contribution in [0.4, 0.5) is 0 Å². The summed E-state index contributed by atoms with van der Waals surface area (Å²) in [4.78, 5) is 14.0. The molecule has 0 aliphatic heterocycles. The number of aromatic nitrogens is 1. The fraction of sp³-hybridized carbons (Fsp3) is 0.643. The maximum Gasteiger partial charge on any atom is 0.236 e. The number of rotatable bonds is 9. The summed E-state index contributed by atoms with van der Waals surface area (Å²) in [5, 5.41) is 3.15. The number of nitrogens with one attached hydrogen (secondary N) is 1. The summed E-state index contributed by atoms with van der Waals surface area (Å²) in [7, 11) is 3.64. The van der Waals surface area contributed by atoms with Gasteiger partial charge < -0.3 is 19.5 Å². The second-order valence-corrected chi connectivity index (χ2v) is 4.60. The number of aryl methyl sites for hydroxylation is 1. The van der Waals surface area contributed by atoms with Gasteiger partial charge in [0.05, 0.1) is 19.7 Å². The van der Waals surface area contributed by atoms with Gasteiger partial charge in [-0.25, -0.2) is 0 Å². The molecule has 19 heavy (non-hydrogen) atoms. The lowest BCUT2D eigenvalue weighted by Gasteiger charge is -2.23. The summed E-state index contributed by atoms with van der Waals surface area (Å²) < 4.78 is 7.11. The highest BCUT2D eigenvalue weighted by Crippen LogP contribution is 2.05. The highest BCUT2D eigenvalue weighted by Gasteiger charge is 2.14. The highest BCUT2D eigenvalue weighted by atomic mass is 16.5. The Labute approximate surface area is 115 Å². The molecule has 0 aliphatic carbocycles. The quantitative estimate of drug-likeness (QED) is 0.679. The molecule has 1 N–H and O–H groups in total. The molecule has 1 rings (SSSR count). The van der Waals surface area contributed by atoms with Crippen molar-refractivity contribution in [1.82, 2.24) is 14.8 Å². The zero-order chi connectivity index (χ0) is 14.1. The predicted octanol–water partition coefficient (Wildman–Crippen LogP) is 1.000. The van der Waals surface area contributed by atoms with Crippen molar-refractivity contribution in [3.05, 3.63) is 24.0 Å². The zero-order valence-corrected chi connectivity index (χ0v) is 12.2. The molecular formula is C14H25N3O2. The lowest BCUT2D eigenvalue weighted by Crippen LogP contribution is -2.40. The Balaban J connectivity index is 2.55. The van der Waals surface area contributed by atoms with Gasteiger partial charge in [0, 0.05) is 32.6 Å². The summed E-state index contributed by atoms with van der Waals surface area (Å²) in [6.07, 6.45) is 3.02. The molecule has 0 aliphatic rings. The third-order valence-electron chi connectivity index (χ3n) is 3.03. The fourth-order valence-electron chi connectivity index (χ4n) is 1.83. The number of carbonyl (C=O) groups is 1. The number of amides is 1. The van der Waals surface area contributed by atoms with Crippen molar-refractivity contribution in [3.63, 3.8) is 0 Å². The largest absolute Gasteiger partial charge is 0.383 e. The number of methoxy groups -OCH3 is 1. The van der Waals surface area contributed by atoms with Gasteiger partial charge in [-0.2, -0.15) is 0 Å². The molecule has 0 radical (unpaired) electrons. The molecule has 0 aromatic carbocycles. The third-order valence-corrected chi connectivity index (χ3v) is 3.03. The topological polar surface area (TPSA) is 46.5 Å². The first-order valence-corrected chi connectivity index (χ1v) is 6.76. The molecule has 0 saturated carbocycles. The molecule has 0 atom stereocenters. The van der Waals surface area contributed by atoms with Crippen molar-refractivity contribution >= 4 is 5.91 Å². The molecule has 0 unspecified atom stereocenters. The van der Waals surface area contributed by atoms with Gasteiger partial charge in [0.1, 0.15) is 0 Å². The fourth-order valence-corrected chi connectivity index (χ4v) is 1.83. The van der Waals surface area contributed by atoms with Gasteiger partial charge in [-0.15, -0.1) is 0 Å². The van der Waals surface area contributed by atoms with Crippen LogP contribution in [0.5, 0.6) is 0 Å². The van der Waals surface area contributed by atoms with Crippen LogP contribution in [-0.2, 0) is 23.1 Å². The lowest BCUT2D eigenvalue weighted by molar-refractivity contribution is -0.131. The average Bonchev–Trinajstić information content (AvgIpc) is 2.80. The molecule has 0 bridgehead atoms. The van der Waals surface area contributed by atoms with Gasteiger partial charge in [-0.05, 0) is 25.1 Å². The molecule has 1 aromatic heterocycles. The lowest BCUT2D eigenvalue weighted by atomic mass is 10.3. The number of nitrogens with zero attached hydrogens (tertiary/aromatic N) is 2. The normalized spacial score (nSPS) is 10.7. The molecule has 1 aromatic rings. The highest BCUT2D eigenvalue weighted by molar-refractivity contribution is 5.78. The van der Waals surface area contributed by atoms with Gasteiger partial charge in [0.25, 0.3) is 0 Å². The van der Waals surface area contributed by atoms with Crippen LogP contribution in [-0.4, -0.2) is 48.7 Å². The van der Waals surface area contributed by atoms with Gasteiger partial charge in [-0.3, -0.25) is 4.79 Å². The number of carbonyl (C=O) groups excluding carboxylic acids is 1. The minimum absolute atomic E-state index is 0.117. The van der Waals surface area contributed by atoms with Crippen molar-refractivity contribution in [1.29, 1.82) is 0 Å². The number of ether oxygens (including phenoxy) is 1. The molecular weight excluding hydrogens is 242 g/mol. The van der Waals surface area contributed by atoms with Gasteiger partial charge >= 0.3 is 0 Å². The van der Waals surface area contributed by atoms with Gasteiger partial charge in [-0.1, -0.05) is 6.92 Å². The Morgan fingerprint density at radius 3 is 2.89 bits per heavy atom. The average molecular weight is 267 g/mol. The van der Waals surface area contributed by atoms with E-state index >= 15 is 0 Å². The molecule has 1 amide bonds. The molecule has 0 spiro atoms. The number of hydrogen-bond acceptors (Lipinski definition) is 3. The Hall–Kier alpha value is -1.33. The van der Waals surface area contributed by atoms with E-state index < -0.39 is 0 Å². The Bertz CT molecular complexity index is 377. The van der Waals surface area contributed by atoms with Crippen LogP contribution in [0.2, 0.25) is 0 Å². The van der Waals surface area contributed by atoms with E-state index in [9.17, 15) is 4.79 Å². The maximum absolute atomic E-state index is 12.2. The van der Waals surface area contributed by atoms with Crippen molar-refractivity contribution in [2.24, 2.45) is 7.05 Å². The Morgan fingerprint density at radius 2 is 2.32 bits per heavy atom. The second kappa shape index (κ2) is 8.72. The van der Waals surface area contributed by atoms with Gasteiger partial charge in [0.15, 0.2) is 0 Å². The first-order valence-electron chi connectivity index (χ1n) is 6.76. The van der Waals surface area contributed by atoms with E-state index in [4.69, 9.17) is 4.74 Å². The smallest absolute Gasteiger partial charge is 0.236 e. The van der Waals surface area contributed by atoms with Crippen molar-refractivity contribution in [2.75, 3.05) is 33.4 Å². The second-order valence-electron chi connectivity index (χ2n) is 4.60. The molecule has 5 heteroatoms. The van der Waals surface area contributed by atoms with Crippen LogP contribution in [0, 0.1) is 0 Å². The van der Waals surface area contributed by atoms with Crippen LogP contribution < -0.4 is 5.32 Å². The zero-order valence-electron chi connectivity index (χ0n) is 12.2. The van der Waals surface area contributed by atoms with Crippen molar-refractivity contribution in [3.8, 4) is 0 Å². The standard InChI is InChI=1S/C14H25N3O2/c1-4-7-15-11-14(18)17(9-10-19-3)12-13-6-5-8-16(13)2/h5-6,8,15H,4,7,9-12H2,1-3H3. The van der Waals surface area contributed by atoms with E-state index in [-0.39, 0.29) is 5.91 Å². The summed E-state index contributed by atoms with van der Waals surface area (Å²) in [5.74, 6) is 0.117. The Morgan fingerprint density at radius 1 is 1.53 bits per heavy atom. The predicted molar refractivity (Wildman–Crippen MR) is 75.9 cm³/mol. The van der Waals surface area contributed by atoms with E-state index in [0.717, 1.165) is 18.7 Å². The first-order chi connectivity index (χ1) is 9.19. The van der Waals surface area contributed by atoms with Crippen LogP contribution in [0.1, 0.15) is 19.0 Å². The Kier molecular flexibility index (Phi) is 7.22. The molecule has 108 valence electrons. The van der Waals surface area contributed by atoms with Crippen LogP contribution in [0.3, 0.4) is 0 Å². The van der Waals surface area contributed by atoms with Crippen LogP contribution in [0.15, 0.2) is 18.3 Å². The van der Waals surface area contributed by atoms with E-state index in [1.165, 1.54) is 0 Å². The molecule has 0 saturated heterocycles. The molecule has 0 fully saturated rings. The van der Waals surface area contributed by atoms with E-state index in [1.807, 2.05) is 34.8 Å². The van der Waals surface area contributed by atoms with E-state index in [1.54, 1.807) is 7.11 Å². The maximum atomic E-state index is 12.2. The van der Waals surface area contributed by atoms with Gasteiger partial charge in [0.2, 0.25) is 5.91 Å². The summed E-state index contributed by atoms with van der Waals surface area (Å²) in [6.45, 7) is 5.15. The minimum Gasteiger partial charge on any atom is -0.383 e. The van der Waals surface area contributed by atoms with Crippen molar-refractivity contribution < 1.29 is 9.53 Å². The molecule has 5 nitrogen and oxygen atoms in total. The third kappa shape index (κ3) is 5.44. The van der Waals surface area contributed by atoms with E-state index in [2.05, 4.69) is 12.2 Å². The SMILES string of the molecule is CCCNCC(=O)N(CCOC)Cc1cccn1C. The summed E-state index contributed by atoms with van der Waals surface area (Å²) in [5.41, 5.74) is 1.12. The molecule has 1 heterocycles. The first kappa shape index (κ1) is 15.7. The monoisotopic (exact) mass is 267 g/mol. The van der Waals surface area contributed by atoms with E-state index in [0.29, 0.717) is 26.2 Å². The minimum atomic E-state index is 0.117. The summed E-state index contributed by atoms with van der Waals surface area (Å²) >= 11 is 0. The van der Waals surface area contributed by atoms with Crippen LogP contribution in [0.25, 0.3) is 0 Å². The number of hydrogen-bond donors (Lipinski definition) is 1.